The number of carboxylic acids is 1. The van der Waals surface area contributed by atoms with Crippen molar-refractivity contribution < 1.29 is 14.7 Å². The van der Waals surface area contributed by atoms with E-state index in [0.29, 0.717) is 24.9 Å². The highest BCUT2D eigenvalue weighted by molar-refractivity contribution is 5.94. The molecular weight excluding hydrogens is 376 g/mol. The summed E-state index contributed by atoms with van der Waals surface area (Å²) >= 11 is 0. The van der Waals surface area contributed by atoms with Gasteiger partial charge in [0, 0.05) is 37.9 Å². The molecule has 1 aliphatic heterocycles. The average Bonchev–Trinajstić information content (AvgIpc) is 2.73. The number of aliphatic carboxylic acids is 1. The second-order valence-corrected chi connectivity index (χ2v) is 9.26. The molecule has 0 aromatic heterocycles. The second-order valence-electron chi connectivity index (χ2n) is 9.26. The maximum absolute atomic E-state index is 12.9. The first-order valence-electron chi connectivity index (χ1n) is 10.6. The van der Waals surface area contributed by atoms with Gasteiger partial charge < -0.3 is 14.9 Å². The molecule has 0 unspecified atom stereocenters. The van der Waals surface area contributed by atoms with E-state index in [1.165, 1.54) is 5.56 Å². The van der Waals surface area contributed by atoms with Crippen molar-refractivity contribution in [2.45, 2.75) is 45.6 Å². The van der Waals surface area contributed by atoms with E-state index in [4.69, 9.17) is 0 Å². The van der Waals surface area contributed by atoms with Crippen molar-refractivity contribution in [2.75, 3.05) is 25.0 Å². The molecule has 1 fully saturated rings. The quantitative estimate of drug-likeness (QED) is 0.788. The SMILES string of the molecule is CN(Cc1cccc(N2CCC(C(=O)O)CC2)c1)C(=O)c1ccc(C(C)(C)C)cc1. The second kappa shape index (κ2) is 8.90. The average molecular weight is 409 g/mol. The predicted molar refractivity (Wildman–Crippen MR) is 120 cm³/mol. The van der Waals surface area contributed by atoms with E-state index in [0.717, 1.165) is 24.3 Å². The number of nitrogens with zero attached hydrogens (tertiary/aromatic N) is 2. The lowest BCUT2D eigenvalue weighted by atomic mass is 9.86. The van der Waals surface area contributed by atoms with Gasteiger partial charge in [0.25, 0.3) is 5.91 Å². The molecule has 1 N–H and O–H groups in total. The van der Waals surface area contributed by atoms with E-state index in [1.807, 2.05) is 43.4 Å². The molecule has 0 atom stereocenters. The molecule has 1 saturated heterocycles. The van der Waals surface area contributed by atoms with Crippen LogP contribution in [-0.2, 0) is 16.8 Å². The molecule has 0 aliphatic carbocycles. The molecule has 30 heavy (non-hydrogen) atoms. The smallest absolute Gasteiger partial charge is 0.306 e. The van der Waals surface area contributed by atoms with Gasteiger partial charge in [-0.1, -0.05) is 45.0 Å². The van der Waals surface area contributed by atoms with Gasteiger partial charge >= 0.3 is 5.97 Å². The Balaban J connectivity index is 1.64. The Morgan fingerprint density at radius 3 is 2.27 bits per heavy atom. The van der Waals surface area contributed by atoms with E-state index >= 15 is 0 Å². The Kier molecular flexibility index (Phi) is 6.49. The lowest BCUT2D eigenvalue weighted by Crippen LogP contribution is -2.36. The highest BCUT2D eigenvalue weighted by Crippen LogP contribution is 2.25. The van der Waals surface area contributed by atoms with Gasteiger partial charge in [-0.3, -0.25) is 9.59 Å². The topological polar surface area (TPSA) is 60.9 Å². The first-order valence-corrected chi connectivity index (χ1v) is 10.6. The van der Waals surface area contributed by atoms with E-state index < -0.39 is 5.97 Å². The van der Waals surface area contributed by atoms with Gasteiger partial charge in [-0.2, -0.15) is 0 Å². The number of hydrogen-bond donors (Lipinski definition) is 1. The van der Waals surface area contributed by atoms with E-state index in [9.17, 15) is 14.7 Å². The third kappa shape index (κ3) is 5.21. The van der Waals surface area contributed by atoms with Crippen LogP contribution in [0.4, 0.5) is 5.69 Å². The molecule has 1 heterocycles. The lowest BCUT2D eigenvalue weighted by molar-refractivity contribution is -0.142. The molecular formula is C25H32N2O3. The molecule has 0 saturated carbocycles. The fourth-order valence-corrected chi connectivity index (χ4v) is 3.92. The summed E-state index contributed by atoms with van der Waals surface area (Å²) in [4.78, 5) is 28.0. The molecule has 5 heteroatoms. The minimum Gasteiger partial charge on any atom is -0.481 e. The summed E-state index contributed by atoms with van der Waals surface area (Å²) in [6.07, 6.45) is 1.34. The summed E-state index contributed by atoms with van der Waals surface area (Å²) in [5, 5.41) is 9.18. The van der Waals surface area contributed by atoms with Gasteiger partial charge in [-0.25, -0.2) is 0 Å². The number of amides is 1. The van der Waals surface area contributed by atoms with Gasteiger partial charge in [0.2, 0.25) is 0 Å². The predicted octanol–water partition coefficient (Wildman–Crippen LogP) is 4.56. The Bertz CT molecular complexity index is 891. The number of rotatable bonds is 5. The molecule has 0 radical (unpaired) electrons. The summed E-state index contributed by atoms with van der Waals surface area (Å²) < 4.78 is 0. The Labute approximate surface area is 179 Å². The molecule has 5 nitrogen and oxygen atoms in total. The van der Waals surface area contributed by atoms with E-state index in [1.54, 1.807) is 4.90 Å². The van der Waals surface area contributed by atoms with Gasteiger partial charge in [-0.05, 0) is 53.6 Å². The molecule has 1 amide bonds. The number of carboxylic acid groups (broad SMARTS) is 1. The number of piperidine rings is 1. The largest absolute Gasteiger partial charge is 0.481 e. The summed E-state index contributed by atoms with van der Waals surface area (Å²) in [6, 6.07) is 16.1. The first kappa shape index (κ1) is 21.9. The van der Waals surface area contributed by atoms with Gasteiger partial charge in [0.1, 0.15) is 0 Å². The molecule has 0 bridgehead atoms. The molecule has 1 aliphatic rings. The van der Waals surface area contributed by atoms with Crippen LogP contribution in [-0.4, -0.2) is 42.0 Å². The zero-order chi connectivity index (χ0) is 21.9. The zero-order valence-corrected chi connectivity index (χ0v) is 18.4. The van der Waals surface area contributed by atoms with Crippen LogP contribution in [0, 0.1) is 5.92 Å². The van der Waals surface area contributed by atoms with Crippen LogP contribution < -0.4 is 4.90 Å². The normalized spacial score (nSPS) is 15.1. The Morgan fingerprint density at radius 1 is 1.07 bits per heavy atom. The molecule has 2 aromatic carbocycles. The minimum absolute atomic E-state index is 0.00290. The fraction of sp³-hybridized carbons (Fsp3) is 0.440. The standard InChI is InChI=1S/C25H32N2O3/c1-25(2,3)21-10-8-19(9-11-21)23(28)26(4)17-18-6-5-7-22(16-18)27-14-12-20(13-15-27)24(29)30/h5-11,16,20H,12-15,17H2,1-4H3,(H,29,30). The number of carbonyl (C=O) groups is 2. The third-order valence-corrected chi connectivity index (χ3v) is 5.88. The summed E-state index contributed by atoms with van der Waals surface area (Å²) in [5.74, 6) is -0.930. The molecule has 160 valence electrons. The van der Waals surface area contributed by atoms with Crippen LogP contribution in [0.5, 0.6) is 0 Å². The van der Waals surface area contributed by atoms with Crippen LogP contribution in [0.25, 0.3) is 0 Å². The number of benzene rings is 2. The maximum atomic E-state index is 12.9. The van der Waals surface area contributed by atoms with Crippen molar-refractivity contribution in [1.29, 1.82) is 0 Å². The van der Waals surface area contributed by atoms with Crippen LogP contribution in [0.2, 0.25) is 0 Å². The van der Waals surface area contributed by atoms with Gasteiger partial charge in [0.15, 0.2) is 0 Å². The van der Waals surface area contributed by atoms with Gasteiger partial charge in [-0.15, -0.1) is 0 Å². The Hall–Kier alpha value is -2.82. The van der Waals surface area contributed by atoms with Crippen molar-refractivity contribution >= 4 is 17.6 Å². The summed E-state index contributed by atoms with van der Waals surface area (Å²) in [5.41, 5.74) is 4.12. The highest BCUT2D eigenvalue weighted by Gasteiger charge is 2.24. The van der Waals surface area contributed by atoms with Crippen molar-refractivity contribution in [3.05, 3.63) is 65.2 Å². The van der Waals surface area contributed by atoms with Crippen molar-refractivity contribution in [2.24, 2.45) is 5.92 Å². The van der Waals surface area contributed by atoms with Crippen molar-refractivity contribution in [1.82, 2.24) is 4.90 Å². The van der Waals surface area contributed by atoms with E-state index in [-0.39, 0.29) is 17.2 Å². The lowest BCUT2D eigenvalue weighted by Gasteiger charge is -2.32. The van der Waals surface area contributed by atoms with Crippen molar-refractivity contribution in [3.8, 4) is 0 Å². The summed E-state index contributed by atoms with van der Waals surface area (Å²) in [7, 11) is 1.82. The monoisotopic (exact) mass is 408 g/mol. The van der Waals surface area contributed by atoms with E-state index in [2.05, 4.69) is 37.8 Å². The minimum atomic E-state index is -0.695. The van der Waals surface area contributed by atoms with Gasteiger partial charge in [0.05, 0.1) is 5.92 Å². The number of hydrogen-bond acceptors (Lipinski definition) is 3. The number of carbonyl (C=O) groups excluding carboxylic acids is 1. The van der Waals surface area contributed by atoms with Crippen LogP contribution in [0.1, 0.15) is 55.1 Å². The van der Waals surface area contributed by atoms with Crippen LogP contribution >= 0.6 is 0 Å². The Morgan fingerprint density at radius 2 is 1.70 bits per heavy atom. The molecule has 0 spiro atoms. The first-order chi connectivity index (χ1) is 14.1. The van der Waals surface area contributed by atoms with Crippen LogP contribution in [0.3, 0.4) is 0 Å². The summed E-state index contributed by atoms with van der Waals surface area (Å²) in [6.45, 7) is 8.50. The van der Waals surface area contributed by atoms with Crippen molar-refractivity contribution in [3.63, 3.8) is 0 Å². The van der Waals surface area contributed by atoms with Crippen LogP contribution in [0.15, 0.2) is 48.5 Å². The zero-order valence-electron chi connectivity index (χ0n) is 18.4. The maximum Gasteiger partial charge on any atom is 0.306 e. The molecule has 3 rings (SSSR count). The highest BCUT2D eigenvalue weighted by atomic mass is 16.4. The number of anilines is 1. The molecule has 2 aromatic rings. The fourth-order valence-electron chi connectivity index (χ4n) is 3.92. The third-order valence-electron chi connectivity index (χ3n) is 5.88.